The zero-order valence-electron chi connectivity index (χ0n) is 13.9. The van der Waals surface area contributed by atoms with E-state index < -0.39 is 0 Å². The van der Waals surface area contributed by atoms with Crippen LogP contribution in [0.4, 0.5) is 5.69 Å². The Morgan fingerprint density at radius 3 is 2.60 bits per heavy atom. The van der Waals surface area contributed by atoms with Gasteiger partial charge in [0.15, 0.2) is 11.5 Å². The van der Waals surface area contributed by atoms with Crippen LogP contribution in [0.15, 0.2) is 53.1 Å². The number of fused-ring (bicyclic) bond motifs is 1. The van der Waals surface area contributed by atoms with E-state index >= 15 is 0 Å². The van der Waals surface area contributed by atoms with Gasteiger partial charge in [-0.15, -0.1) is 0 Å². The molecule has 6 nitrogen and oxygen atoms in total. The first-order valence-corrected chi connectivity index (χ1v) is 7.82. The highest BCUT2D eigenvalue weighted by molar-refractivity contribution is 6.32. The summed E-state index contributed by atoms with van der Waals surface area (Å²) in [5, 5.41) is 5.78. The molecule has 0 aromatic heterocycles. The molecule has 6 heteroatoms. The van der Waals surface area contributed by atoms with Crippen LogP contribution in [0.1, 0.15) is 12.5 Å². The third-order valence-electron chi connectivity index (χ3n) is 4.09. The molecule has 0 saturated carbocycles. The molecule has 0 fully saturated rings. The number of ether oxygens (including phenoxy) is 3. The molecule has 2 aliphatic heterocycles. The molecule has 2 aliphatic rings. The quantitative estimate of drug-likeness (QED) is 0.808. The van der Waals surface area contributed by atoms with Crippen molar-refractivity contribution >= 4 is 23.4 Å². The van der Waals surface area contributed by atoms with Crippen LogP contribution >= 0.6 is 0 Å². The van der Waals surface area contributed by atoms with Crippen molar-refractivity contribution in [3.8, 4) is 17.2 Å². The van der Waals surface area contributed by atoms with Gasteiger partial charge in [-0.2, -0.15) is 10.1 Å². The fraction of sp³-hybridized carbons (Fsp3) is 0.158. The second-order valence-electron chi connectivity index (χ2n) is 5.64. The highest BCUT2D eigenvalue weighted by Crippen LogP contribution is 2.39. The lowest BCUT2D eigenvalue weighted by molar-refractivity contribution is -0.114. The standard InChI is InChI=1S/C19H16N2O4/c1-12-15(19(22)21(20-12)14-6-4-3-5-7-14)8-13-9-17-18(25-11-24-17)10-16(13)23-2/h3-10H,11H2,1-2H3/b15-8-. The second-order valence-corrected chi connectivity index (χ2v) is 5.64. The number of hydrogen-bond donors (Lipinski definition) is 0. The number of hydrogen-bond acceptors (Lipinski definition) is 5. The Balaban J connectivity index is 1.73. The van der Waals surface area contributed by atoms with E-state index in [9.17, 15) is 4.79 Å². The maximum Gasteiger partial charge on any atom is 0.280 e. The molecule has 0 aliphatic carbocycles. The van der Waals surface area contributed by atoms with Gasteiger partial charge in [0, 0.05) is 11.6 Å². The van der Waals surface area contributed by atoms with Crippen molar-refractivity contribution in [2.75, 3.05) is 18.9 Å². The summed E-state index contributed by atoms with van der Waals surface area (Å²) in [7, 11) is 1.58. The van der Waals surface area contributed by atoms with Crippen LogP contribution in [0.2, 0.25) is 0 Å². The molecular formula is C19H16N2O4. The molecule has 25 heavy (non-hydrogen) atoms. The molecule has 0 saturated heterocycles. The maximum atomic E-state index is 12.8. The highest BCUT2D eigenvalue weighted by Gasteiger charge is 2.29. The number of carbonyl (C=O) groups is 1. The lowest BCUT2D eigenvalue weighted by atomic mass is 10.1. The molecule has 0 spiro atoms. The minimum Gasteiger partial charge on any atom is -0.496 e. The summed E-state index contributed by atoms with van der Waals surface area (Å²) >= 11 is 0. The first-order chi connectivity index (χ1) is 12.2. The van der Waals surface area contributed by atoms with Gasteiger partial charge in [-0.1, -0.05) is 18.2 Å². The molecule has 0 N–H and O–H groups in total. The molecule has 126 valence electrons. The largest absolute Gasteiger partial charge is 0.496 e. The zero-order valence-corrected chi connectivity index (χ0v) is 13.9. The summed E-state index contributed by atoms with van der Waals surface area (Å²) in [5.74, 6) is 1.69. The lowest BCUT2D eigenvalue weighted by Gasteiger charge is -2.11. The number of anilines is 1. The van der Waals surface area contributed by atoms with Crippen LogP contribution in [0.5, 0.6) is 17.2 Å². The van der Waals surface area contributed by atoms with Crippen molar-refractivity contribution in [3.05, 3.63) is 53.6 Å². The number of hydrazone groups is 1. The van der Waals surface area contributed by atoms with Crippen molar-refractivity contribution in [1.29, 1.82) is 0 Å². The number of benzene rings is 2. The maximum absolute atomic E-state index is 12.8. The van der Waals surface area contributed by atoms with Gasteiger partial charge in [0.1, 0.15) is 5.75 Å². The first-order valence-electron chi connectivity index (χ1n) is 7.82. The zero-order chi connectivity index (χ0) is 17.4. The van der Waals surface area contributed by atoms with Crippen molar-refractivity contribution in [3.63, 3.8) is 0 Å². The Bertz CT molecular complexity index is 903. The molecule has 0 unspecified atom stereocenters. The molecule has 0 radical (unpaired) electrons. The van der Waals surface area contributed by atoms with Crippen LogP contribution in [0.25, 0.3) is 6.08 Å². The Morgan fingerprint density at radius 1 is 1.16 bits per heavy atom. The summed E-state index contributed by atoms with van der Waals surface area (Å²) < 4.78 is 16.2. The third-order valence-corrected chi connectivity index (χ3v) is 4.09. The molecule has 1 amide bonds. The molecular weight excluding hydrogens is 320 g/mol. The highest BCUT2D eigenvalue weighted by atomic mass is 16.7. The lowest BCUT2D eigenvalue weighted by Crippen LogP contribution is -2.21. The summed E-state index contributed by atoms with van der Waals surface area (Å²) in [6, 6.07) is 12.9. The second kappa shape index (κ2) is 5.98. The number of rotatable bonds is 3. The molecule has 2 aromatic rings. The molecule has 4 rings (SSSR count). The van der Waals surface area contributed by atoms with Crippen LogP contribution < -0.4 is 19.2 Å². The predicted molar refractivity (Wildman–Crippen MR) is 94.1 cm³/mol. The number of amides is 1. The smallest absolute Gasteiger partial charge is 0.280 e. The van der Waals surface area contributed by atoms with E-state index in [4.69, 9.17) is 14.2 Å². The first kappa shape index (κ1) is 15.3. The average molecular weight is 336 g/mol. The van der Waals surface area contributed by atoms with E-state index in [1.807, 2.05) is 37.3 Å². The fourth-order valence-corrected chi connectivity index (χ4v) is 2.81. The molecule has 0 bridgehead atoms. The van der Waals surface area contributed by atoms with Gasteiger partial charge < -0.3 is 14.2 Å². The predicted octanol–water partition coefficient (Wildman–Crippen LogP) is 3.23. The van der Waals surface area contributed by atoms with Gasteiger partial charge in [-0.05, 0) is 31.2 Å². The monoisotopic (exact) mass is 336 g/mol. The van der Waals surface area contributed by atoms with E-state index in [2.05, 4.69) is 5.10 Å². The van der Waals surface area contributed by atoms with Gasteiger partial charge in [-0.3, -0.25) is 4.79 Å². The van der Waals surface area contributed by atoms with Crippen LogP contribution in [-0.4, -0.2) is 25.5 Å². The number of para-hydroxylation sites is 1. The minimum atomic E-state index is -0.177. The number of nitrogens with zero attached hydrogens (tertiary/aromatic N) is 2. The van der Waals surface area contributed by atoms with E-state index in [0.717, 1.165) is 11.3 Å². The van der Waals surface area contributed by atoms with Gasteiger partial charge in [0.2, 0.25) is 6.79 Å². The van der Waals surface area contributed by atoms with Crippen LogP contribution in [-0.2, 0) is 4.79 Å². The van der Waals surface area contributed by atoms with E-state index in [0.29, 0.717) is 28.5 Å². The average Bonchev–Trinajstić information content (AvgIpc) is 3.20. The van der Waals surface area contributed by atoms with Crippen molar-refractivity contribution < 1.29 is 19.0 Å². The Kier molecular flexibility index (Phi) is 3.65. The van der Waals surface area contributed by atoms with Gasteiger partial charge in [0.25, 0.3) is 5.91 Å². The molecule has 0 atom stereocenters. The van der Waals surface area contributed by atoms with E-state index in [-0.39, 0.29) is 12.7 Å². The van der Waals surface area contributed by atoms with Crippen molar-refractivity contribution in [2.45, 2.75) is 6.92 Å². The fourth-order valence-electron chi connectivity index (χ4n) is 2.81. The third kappa shape index (κ3) is 2.61. The van der Waals surface area contributed by atoms with Gasteiger partial charge in [0.05, 0.1) is 24.1 Å². The normalized spacial score (nSPS) is 17.2. The van der Waals surface area contributed by atoms with E-state index in [1.165, 1.54) is 5.01 Å². The summed E-state index contributed by atoms with van der Waals surface area (Å²) in [4.78, 5) is 12.8. The number of methoxy groups -OCH3 is 1. The topological polar surface area (TPSA) is 60.4 Å². The summed E-state index contributed by atoms with van der Waals surface area (Å²) in [5.41, 5.74) is 2.63. The van der Waals surface area contributed by atoms with Gasteiger partial charge >= 0.3 is 0 Å². The number of carbonyl (C=O) groups excluding carboxylic acids is 1. The van der Waals surface area contributed by atoms with Crippen molar-refractivity contribution in [2.24, 2.45) is 5.10 Å². The SMILES string of the molecule is COc1cc2c(cc1/C=C1\C(=O)N(c3ccccc3)N=C1C)OCO2. The Labute approximate surface area is 144 Å². The van der Waals surface area contributed by atoms with E-state index in [1.54, 1.807) is 25.3 Å². The molecule has 2 aromatic carbocycles. The summed E-state index contributed by atoms with van der Waals surface area (Å²) in [6.45, 7) is 1.99. The Morgan fingerprint density at radius 2 is 1.88 bits per heavy atom. The van der Waals surface area contributed by atoms with Crippen LogP contribution in [0, 0.1) is 0 Å². The van der Waals surface area contributed by atoms with Crippen molar-refractivity contribution in [1.82, 2.24) is 0 Å². The molecule has 2 heterocycles. The minimum absolute atomic E-state index is 0.177. The van der Waals surface area contributed by atoms with Crippen LogP contribution in [0.3, 0.4) is 0 Å². The van der Waals surface area contributed by atoms with Gasteiger partial charge in [-0.25, -0.2) is 0 Å². The Hall–Kier alpha value is -3.28. The summed E-state index contributed by atoms with van der Waals surface area (Å²) in [6.07, 6.45) is 1.77.